The molecule has 5 heteroatoms. The van der Waals surface area contributed by atoms with Gasteiger partial charge >= 0.3 is 0 Å². The van der Waals surface area contributed by atoms with Gasteiger partial charge in [-0.05, 0) is 75.2 Å². The molecule has 4 rings (SSSR count). The quantitative estimate of drug-likeness (QED) is 0.690. The van der Waals surface area contributed by atoms with Crippen molar-refractivity contribution in [2.24, 2.45) is 11.8 Å². The lowest BCUT2D eigenvalue weighted by Crippen LogP contribution is -2.31. The molecule has 0 amide bonds. The molecule has 2 N–H and O–H groups in total. The van der Waals surface area contributed by atoms with Gasteiger partial charge in [-0.15, -0.1) is 0 Å². The molecule has 0 radical (unpaired) electrons. The number of anilines is 1. The minimum atomic E-state index is 0.659. The van der Waals surface area contributed by atoms with Crippen LogP contribution in [0.5, 0.6) is 0 Å². The zero-order chi connectivity index (χ0) is 19.2. The van der Waals surface area contributed by atoms with Crippen LogP contribution in [0.4, 0.5) is 5.82 Å². The predicted molar refractivity (Wildman–Crippen MR) is 117 cm³/mol. The molecule has 2 fully saturated rings. The van der Waals surface area contributed by atoms with E-state index in [4.69, 9.17) is 16.6 Å². The highest BCUT2D eigenvalue weighted by Crippen LogP contribution is 2.29. The number of pyridine rings is 2. The van der Waals surface area contributed by atoms with Crippen molar-refractivity contribution in [3.05, 3.63) is 41.2 Å². The van der Waals surface area contributed by atoms with Gasteiger partial charge in [-0.3, -0.25) is 4.98 Å². The largest absolute Gasteiger partial charge is 0.370 e. The van der Waals surface area contributed by atoms with E-state index in [0.29, 0.717) is 10.9 Å². The predicted octanol–water partition coefficient (Wildman–Crippen LogP) is 5.33. The van der Waals surface area contributed by atoms with Gasteiger partial charge in [-0.1, -0.05) is 36.9 Å². The Bertz CT molecular complexity index is 767. The summed E-state index contributed by atoms with van der Waals surface area (Å²) in [7, 11) is 0. The molecule has 2 aromatic heterocycles. The average Bonchev–Trinajstić information content (AvgIpc) is 2.75. The fourth-order valence-corrected chi connectivity index (χ4v) is 4.71. The topological polar surface area (TPSA) is 49.8 Å². The summed E-state index contributed by atoms with van der Waals surface area (Å²) in [4.78, 5) is 9.42. The molecule has 1 saturated heterocycles. The average molecular weight is 399 g/mol. The Morgan fingerprint density at radius 3 is 2.75 bits per heavy atom. The van der Waals surface area contributed by atoms with Gasteiger partial charge in [0.05, 0.1) is 10.7 Å². The van der Waals surface area contributed by atoms with E-state index in [-0.39, 0.29) is 0 Å². The Balaban J connectivity index is 1.45. The second kappa shape index (κ2) is 9.71. The summed E-state index contributed by atoms with van der Waals surface area (Å²) in [6.07, 6.45) is 12.1. The van der Waals surface area contributed by atoms with Crippen LogP contribution in [0, 0.1) is 11.8 Å². The van der Waals surface area contributed by atoms with Crippen molar-refractivity contribution >= 4 is 17.4 Å². The normalized spacial score (nSPS) is 20.8. The van der Waals surface area contributed by atoms with E-state index in [2.05, 4.69) is 33.8 Å². The summed E-state index contributed by atoms with van der Waals surface area (Å²) < 4.78 is 0. The molecule has 28 heavy (non-hydrogen) atoms. The van der Waals surface area contributed by atoms with Crippen molar-refractivity contribution in [2.45, 2.75) is 51.4 Å². The highest BCUT2D eigenvalue weighted by atomic mass is 35.5. The van der Waals surface area contributed by atoms with Gasteiger partial charge in [0.25, 0.3) is 0 Å². The Kier molecular flexibility index (Phi) is 6.81. The summed E-state index contributed by atoms with van der Waals surface area (Å²) in [6.45, 7) is 3.24. The van der Waals surface area contributed by atoms with Crippen LogP contribution in [0.15, 0.2) is 30.5 Å². The first-order valence-electron chi connectivity index (χ1n) is 10.8. The molecule has 2 aliphatic rings. The number of halogens is 1. The molecule has 4 nitrogen and oxygen atoms in total. The Hall–Kier alpha value is -1.65. The van der Waals surface area contributed by atoms with Gasteiger partial charge in [-0.25, -0.2) is 4.98 Å². The lowest BCUT2D eigenvalue weighted by Gasteiger charge is -2.22. The van der Waals surface area contributed by atoms with Crippen LogP contribution in [0.25, 0.3) is 11.3 Å². The number of hydrogen-bond acceptors (Lipinski definition) is 4. The summed E-state index contributed by atoms with van der Waals surface area (Å²) in [5, 5.41) is 7.70. The Labute approximate surface area is 173 Å². The van der Waals surface area contributed by atoms with Crippen LogP contribution in [0.3, 0.4) is 0 Å². The van der Waals surface area contributed by atoms with Gasteiger partial charge in [0.1, 0.15) is 5.82 Å². The second-order valence-corrected chi connectivity index (χ2v) is 8.77. The summed E-state index contributed by atoms with van der Waals surface area (Å²) in [5.41, 5.74) is 3.01. The highest BCUT2D eigenvalue weighted by molar-refractivity contribution is 6.33. The maximum atomic E-state index is 6.49. The molecule has 2 aromatic rings. The van der Waals surface area contributed by atoms with Crippen molar-refractivity contribution in [1.82, 2.24) is 15.3 Å². The molecule has 0 unspecified atom stereocenters. The van der Waals surface area contributed by atoms with Crippen molar-refractivity contribution in [1.29, 1.82) is 0 Å². The molecule has 0 aromatic carbocycles. The molecule has 3 heterocycles. The van der Waals surface area contributed by atoms with Crippen molar-refractivity contribution < 1.29 is 0 Å². The smallest absolute Gasteiger partial charge is 0.126 e. The minimum Gasteiger partial charge on any atom is -0.370 e. The third-order valence-corrected chi connectivity index (χ3v) is 6.43. The second-order valence-electron chi connectivity index (χ2n) is 8.36. The van der Waals surface area contributed by atoms with E-state index in [1.165, 1.54) is 44.9 Å². The van der Waals surface area contributed by atoms with Crippen LogP contribution in [0.1, 0.15) is 50.6 Å². The summed E-state index contributed by atoms with van der Waals surface area (Å²) in [5.74, 6) is 2.38. The maximum absolute atomic E-state index is 6.49. The van der Waals surface area contributed by atoms with E-state index in [1.54, 1.807) is 6.20 Å². The van der Waals surface area contributed by atoms with Crippen LogP contribution in [0.2, 0.25) is 5.02 Å². The van der Waals surface area contributed by atoms with Crippen LogP contribution in [-0.2, 0) is 6.42 Å². The number of nitrogens with zero attached hydrogens (tertiary/aromatic N) is 2. The Morgan fingerprint density at radius 1 is 1.07 bits per heavy atom. The number of rotatable bonds is 6. The minimum absolute atomic E-state index is 0.659. The van der Waals surface area contributed by atoms with Gasteiger partial charge in [0, 0.05) is 24.0 Å². The zero-order valence-corrected chi connectivity index (χ0v) is 17.3. The number of piperidine rings is 1. The van der Waals surface area contributed by atoms with Crippen LogP contribution < -0.4 is 10.6 Å². The summed E-state index contributed by atoms with van der Waals surface area (Å²) in [6, 6.07) is 8.28. The first kappa shape index (κ1) is 19.7. The molecule has 0 spiro atoms. The maximum Gasteiger partial charge on any atom is 0.126 e. The lowest BCUT2D eigenvalue weighted by atomic mass is 9.89. The van der Waals surface area contributed by atoms with Gasteiger partial charge in [-0.2, -0.15) is 0 Å². The Morgan fingerprint density at radius 2 is 1.93 bits per heavy atom. The van der Waals surface area contributed by atoms with Crippen LogP contribution >= 0.6 is 11.6 Å². The van der Waals surface area contributed by atoms with Crippen LogP contribution in [-0.4, -0.2) is 29.6 Å². The van der Waals surface area contributed by atoms with Crippen molar-refractivity contribution in [2.75, 3.05) is 25.0 Å². The zero-order valence-electron chi connectivity index (χ0n) is 16.6. The standard InChI is InChI=1S/C23H31ClN4/c24-21-16-26-19(12-18-8-5-11-25-14-18)13-20(21)22-9-4-10-23(28-22)27-15-17-6-2-1-3-7-17/h4,9-10,13,16-18,25H,1-3,5-8,11-12,14-15H2,(H,27,28)/t18-/m0/s1. The third-order valence-electron chi connectivity index (χ3n) is 6.13. The molecule has 1 aliphatic heterocycles. The summed E-state index contributed by atoms with van der Waals surface area (Å²) >= 11 is 6.49. The fourth-order valence-electron chi connectivity index (χ4n) is 4.51. The molecule has 1 saturated carbocycles. The molecule has 150 valence electrons. The van der Waals surface area contributed by atoms with Gasteiger partial charge < -0.3 is 10.6 Å². The molecular weight excluding hydrogens is 368 g/mol. The first-order chi connectivity index (χ1) is 13.8. The SMILES string of the molecule is Clc1cnc(C[C@@H]2CCCNC2)cc1-c1cccc(NCC2CCCCC2)n1. The number of aromatic nitrogens is 2. The molecule has 1 aliphatic carbocycles. The van der Waals surface area contributed by atoms with E-state index >= 15 is 0 Å². The van der Waals surface area contributed by atoms with E-state index in [9.17, 15) is 0 Å². The van der Waals surface area contributed by atoms with Crippen molar-refractivity contribution in [3.63, 3.8) is 0 Å². The number of hydrogen-bond donors (Lipinski definition) is 2. The monoisotopic (exact) mass is 398 g/mol. The van der Waals surface area contributed by atoms with Gasteiger partial charge in [0.15, 0.2) is 0 Å². The van der Waals surface area contributed by atoms with E-state index in [0.717, 1.165) is 54.7 Å². The lowest BCUT2D eigenvalue weighted by molar-refractivity contribution is 0.373. The third kappa shape index (κ3) is 5.24. The van der Waals surface area contributed by atoms with Crippen molar-refractivity contribution in [3.8, 4) is 11.3 Å². The van der Waals surface area contributed by atoms with Gasteiger partial charge in [0.2, 0.25) is 0 Å². The number of nitrogens with one attached hydrogen (secondary N) is 2. The molecular formula is C23H31ClN4. The molecule has 0 bridgehead atoms. The fraction of sp³-hybridized carbons (Fsp3) is 0.565. The molecule has 1 atom stereocenters. The van der Waals surface area contributed by atoms with E-state index < -0.39 is 0 Å². The highest BCUT2D eigenvalue weighted by Gasteiger charge is 2.16. The van der Waals surface area contributed by atoms with E-state index in [1.807, 2.05) is 6.07 Å². The first-order valence-corrected chi connectivity index (χ1v) is 11.2.